The zero-order valence-corrected chi connectivity index (χ0v) is 18.0. The monoisotopic (exact) mass is 413 g/mol. The van der Waals surface area contributed by atoms with Crippen LogP contribution in [0.25, 0.3) is 10.9 Å². The third-order valence-electron chi connectivity index (χ3n) is 4.80. The summed E-state index contributed by atoms with van der Waals surface area (Å²) in [5.41, 5.74) is 4.09. The number of fused-ring (bicyclic) bond motifs is 1. The van der Waals surface area contributed by atoms with Gasteiger partial charge in [-0.05, 0) is 39.3 Å². The van der Waals surface area contributed by atoms with Gasteiger partial charge in [0.2, 0.25) is 0 Å². The normalized spacial score (nSPS) is 11.1. The summed E-state index contributed by atoms with van der Waals surface area (Å²) in [7, 11) is 1.41. The van der Waals surface area contributed by atoms with Crippen molar-refractivity contribution in [2.45, 2.75) is 40.2 Å². The van der Waals surface area contributed by atoms with Crippen LogP contribution in [-0.4, -0.2) is 28.7 Å². The van der Waals surface area contributed by atoms with E-state index in [1.807, 2.05) is 42.7 Å². The molecule has 2 aromatic carbocycles. The van der Waals surface area contributed by atoms with E-state index in [1.54, 1.807) is 19.9 Å². The molecule has 152 valence electrons. The van der Waals surface area contributed by atoms with Crippen molar-refractivity contribution in [1.82, 2.24) is 4.57 Å². The van der Waals surface area contributed by atoms with Crippen LogP contribution < -0.4 is 4.74 Å². The number of rotatable bonds is 5. The number of hydrogen-bond acceptors (Lipinski definition) is 4. The highest BCUT2D eigenvalue weighted by Crippen LogP contribution is 2.33. The van der Waals surface area contributed by atoms with E-state index in [0.29, 0.717) is 10.5 Å². The first-order valence-corrected chi connectivity index (χ1v) is 9.82. The Balaban J connectivity index is 2.20. The number of thiocarbonyl (C=S) groups is 1. The van der Waals surface area contributed by atoms with Crippen LogP contribution in [0.2, 0.25) is 0 Å². The maximum atomic E-state index is 14.5. The minimum Gasteiger partial charge on any atom is -0.494 e. The second-order valence-corrected chi connectivity index (χ2v) is 7.68. The van der Waals surface area contributed by atoms with Crippen LogP contribution >= 0.6 is 12.2 Å². The quantitative estimate of drug-likeness (QED) is 0.430. The Morgan fingerprint density at radius 1 is 1.17 bits per heavy atom. The van der Waals surface area contributed by atoms with Crippen LogP contribution in [0.3, 0.4) is 0 Å². The van der Waals surface area contributed by atoms with Crippen LogP contribution in [0.4, 0.5) is 4.39 Å². The molecule has 3 rings (SSSR count). The van der Waals surface area contributed by atoms with Gasteiger partial charge in [-0.25, -0.2) is 4.39 Å². The number of hydrogen-bond donors (Lipinski definition) is 0. The van der Waals surface area contributed by atoms with E-state index in [2.05, 4.69) is 0 Å². The van der Waals surface area contributed by atoms with Crippen molar-refractivity contribution >= 4 is 34.1 Å². The lowest BCUT2D eigenvalue weighted by Gasteiger charge is -2.12. The standard InChI is InChI=1S/C23H24FNO3S/c1-13(2)28-22(26)11-17-15(4)25(23(29)16-8-6-14(3)7-9-16)20-12-19(24)21(27-5)10-18(17)20/h6-10,12-13H,11H2,1-5H3. The third-order valence-corrected chi connectivity index (χ3v) is 5.22. The number of ether oxygens (including phenoxy) is 2. The summed E-state index contributed by atoms with van der Waals surface area (Å²) in [5, 5.41) is 0.718. The average molecular weight is 414 g/mol. The second kappa shape index (κ2) is 8.33. The van der Waals surface area contributed by atoms with Gasteiger partial charge in [0.1, 0.15) is 4.99 Å². The molecular weight excluding hydrogens is 389 g/mol. The number of carbonyl (C=O) groups is 1. The predicted octanol–water partition coefficient (Wildman–Crippen LogP) is 5.12. The van der Waals surface area contributed by atoms with Gasteiger partial charge >= 0.3 is 5.97 Å². The van der Waals surface area contributed by atoms with Crippen LogP contribution in [0.15, 0.2) is 36.4 Å². The van der Waals surface area contributed by atoms with Crippen LogP contribution in [-0.2, 0) is 16.0 Å². The fourth-order valence-electron chi connectivity index (χ4n) is 3.40. The molecule has 29 heavy (non-hydrogen) atoms. The van der Waals surface area contributed by atoms with Crippen molar-refractivity contribution < 1.29 is 18.7 Å². The van der Waals surface area contributed by atoms with E-state index in [0.717, 1.165) is 27.8 Å². The van der Waals surface area contributed by atoms with Crippen molar-refractivity contribution in [1.29, 1.82) is 0 Å². The Morgan fingerprint density at radius 2 is 1.83 bits per heavy atom. The number of esters is 1. The molecule has 0 spiro atoms. The van der Waals surface area contributed by atoms with Crippen molar-refractivity contribution in [3.05, 3.63) is 64.6 Å². The van der Waals surface area contributed by atoms with Crippen molar-refractivity contribution in [3.8, 4) is 5.75 Å². The number of halogens is 1. The summed E-state index contributed by atoms with van der Waals surface area (Å²) in [4.78, 5) is 12.9. The SMILES string of the molecule is COc1cc2c(CC(=O)OC(C)C)c(C)n(C(=S)c3ccc(C)cc3)c2cc1F. The fourth-order valence-corrected chi connectivity index (χ4v) is 3.77. The van der Waals surface area contributed by atoms with Gasteiger partial charge in [0.25, 0.3) is 0 Å². The van der Waals surface area contributed by atoms with E-state index >= 15 is 0 Å². The smallest absolute Gasteiger partial charge is 0.310 e. The largest absolute Gasteiger partial charge is 0.494 e. The van der Waals surface area contributed by atoms with Gasteiger partial charge in [-0.15, -0.1) is 0 Å². The highest BCUT2D eigenvalue weighted by atomic mass is 32.1. The first kappa shape index (κ1) is 21.0. The molecule has 0 unspecified atom stereocenters. The Bertz CT molecular complexity index is 1080. The van der Waals surface area contributed by atoms with Gasteiger partial charge in [-0.1, -0.05) is 42.0 Å². The molecule has 0 fully saturated rings. The molecule has 0 radical (unpaired) electrons. The van der Waals surface area contributed by atoms with Crippen LogP contribution in [0.5, 0.6) is 5.75 Å². The number of aryl methyl sites for hydroxylation is 1. The highest BCUT2D eigenvalue weighted by Gasteiger charge is 2.22. The maximum absolute atomic E-state index is 14.5. The summed E-state index contributed by atoms with van der Waals surface area (Å²) < 4.78 is 26.8. The van der Waals surface area contributed by atoms with Crippen molar-refractivity contribution in [2.75, 3.05) is 7.11 Å². The topological polar surface area (TPSA) is 40.5 Å². The number of benzene rings is 2. The molecule has 3 aromatic rings. The first-order valence-electron chi connectivity index (χ1n) is 9.41. The lowest BCUT2D eigenvalue weighted by atomic mass is 10.1. The molecule has 1 heterocycles. The van der Waals surface area contributed by atoms with E-state index < -0.39 is 5.82 Å². The Morgan fingerprint density at radius 3 is 2.41 bits per heavy atom. The van der Waals surface area contributed by atoms with Crippen molar-refractivity contribution in [2.24, 2.45) is 0 Å². The van der Waals surface area contributed by atoms with Gasteiger partial charge in [-0.2, -0.15) is 0 Å². The minimum atomic E-state index is -0.484. The Labute approximate surface area is 175 Å². The summed E-state index contributed by atoms with van der Waals surface area (Å²) >= 11 is 5.74. The van der Waals surface area contributed by atoms with E-state index in [4.69, 9.17) is 21.7 Å². The molecule has 0 atom stereocenters. The van der Waals surface area contributed by atoms with Gasteiger partial charge in [-0.3, -0.25) is 4.79 Å². The molecule has 0 saturated carbocycles. The molecule has 0 aliphatic heterocycles. The highest BCUT2D eigenvalue weighted by molar-refractivity contribution is 7.80. The molecule has 0 amide bonds. The van der Waals surface area contributed by atoms with Crippen LogP contribution in [0.1, 0.15) is 36.2 Å². The molecule has 0 bridgehead atoms. The molecule has 4 nitrogen and oxygen atoms in total. The number of nitrogens with zero attached hydrogens (tertiary/aromatic N) is 1. The summed E-state index contributed by atoms with van der Waals surface area (Å²) in [6, 6.07) is 10.9. The number of carbonyl (C=O) groups excluding carboxylic acids is 1. The second-order valence-electron chi connectivity index (χ2n) is 7.29. The first-order chi connectivity index (χ1) is 13.7. The Kier molecular flexibility index (Phi) is 6.03. The van der Waals surface area contributed by atoms with E-state index in [9.17, 15) is 9.18 Å². The summed E-state index contributed by atoms with van der Waals surface area (Å²) in [5.74, 6) is -0.706. The molecule has 0 aliphatic carbocycles. The molecule has 0 aliphatic rings. The summed E-state index contributed by atoms with van der Waals surface area (Å²) in [6.07, 6.45) is -0.143. The fraction of sp³-hybridized carbons (Fsp3) is 0.304. The lowest BCUT2D eigenvalue weighted by molar-refractivity contribution is -0.146. The Hall–Kier alpha value is -2.73. The average Bonchev–Trinajstić information content (AvgIpc) is 2.91. The van der Waals surface area contributed by atoms with Gasteiger partial charge in [0.15, 0.2) is 11.6 Å². The molecule has 0 saturated heterocycles. The zero-order valence-electron chi connectivity index (χ0n) is 17.2. The predicted molar refractivity (Wildman–Crippen MR) is 116 cm³/mol. The van der Waals surface area contributed by atoms with Crippen molar-refractivity contribution in [3.63, 3.8) is 0 Å². The minimum absolute atomic E-state index is 0.0683. The number of methoxy groups -OCH3 is 1. The van der Waals surface area contributed by atoms with E-state index in [-0.39, 0.29) is 24.2 Å². The lowest BCUT2D eigenvalue weighted by Crippen LogP contribution is -2.15. The summed E-state index contributed by atoms with van der Waals surface area (Å²) in [6.45, 7) is 7.49. The molecule has 1 aromatic heterocycles. The maximum Gasteiger partial charge on any atom is 0.310 e. The third kappa shape index (κ3) is 4.17. The molecule has 0 N–H and O–H groups in total. The zero-order chi connectivity index (χ0) is 21.3. The van der Waals surface area contributed by atoms with Crippen LogP contribution in [0, 0.1) is 19.7 Å². The van der Waals surface area contributed by atoms with Gasteiger partial charge in [0, 0.05) is 22.7 Å². The molecule has 6 heteroatoms. The van der Waals surface area contributed by atoms with E-state index in [1.165, 1.54) is 13.2 Å². The van der Waals surface area contributed by atoms with Gasteiger partial charge < -0.3 is 14.0 Å². The molecular formula is C23H24FNO3S. The van der Waals surface area contributed by atoms with Gasteiger partial charge in [0.05, 0.1) is 25.2 Å². The number of aromatic nitrogens is 1.